The van der Waals surface area contributed by atoms with E-state index in [4.69, 9.17) is 10.5 Å². The molecule has 18 heavy (non-hydrogen) atoms. The minimum atomic E-state index is 0.132. The van der Waals surface area contributed by atoms with Crippen LogP contribution in [0, 0.1) is 11.3 Å². The third kappa shape index (κ3) is 3.46. The molecule has 0 spiro atoms. The predicted octanol–water partition coefficient (Wildman–Crippen LogP) is 2.30. The minimum Gasteiger partial charge on any atom is -0.377 e. The molecule has 0 amide bonds. The second-order valence-corrected chi connectivity index (χ2v) is 7.35. The fourth-order valence-corrected chi connectivity index (χ4v) is 4.24. The lowest BCUT2D eigenvalue weighted by molar-refractivity contribution is 0.0599. The summed E-state index contributed by atoms with van der Waals surface area (Å²) in [5.74, 6) is 0.759. The Balaban J connectivity index is 1.95. The highest BCUT2D eigenvalue weighted by Gasteiger charge is 2.42. The zero-order valence-corrected chi connectivity index (χ0v) is 12.3. The van der Waals surface area contributed by atoms with Gasteiger partial charge in [0.1, 0.15) is 0 Å². The van der Waals surface area contributed by atoms with Crippen molar-refractivity contribution in [3.63, 3.8) is 0 Å². The lowest BCUT2D eigenvalue weighted by Gasteiger charge is -2.48. The number of ether oxygens (including phenoxy) is 1. The largest absolute Gasteiger partial charge is 0.377 e. The average molecular weight is 254 g/mol. The maximum Gasteiger partial charge on any atom is 0.0700 e. The Morgan fingerprint density at radius 2 is 2.11 bits per heavy atom. The van der Waals surface area contributed by atoms with Gasteiger partial charge in [-0.3, -0.25) is 0 Å². The maximum atomic E-state index is 6.10. The van der Waals surface area contributed by atoms with E-state index >= 15 is 0 Å². The van der Waals surface area contributed by atoms with Crippen LogP contribution in [0.15, 0.2) is 0 Å². The summed E-state index contributed by atoms with van der Waals surface area (Å²) < 4.78 is 5.71. The van der Waals surface area contributed by atoms with E-state index in [9.17, 15) is 0 Å². The van der Waals surface area contributed by atoms with Crippen LogP contribution in [0.25, 0.3) is 0 Å². The molecule has 3 nitrogen and oxygen atoms in total. The van der Waals surface area contributed by atoms with E-state index in [1.165, 1.54) is 32.1 Å². The zero-order valence-electron chi connectivity index (χ0n) is 12.3. The Morgan fingerprint density at radius 1 is 1.33 bits per heavy atom. The summed E-state index contributed by atoms with van der Waals surface area (Å²) in [6.07, 6.45) is 6.54. The van der Waals surface area contributed by atoms with Gasteiger partial charge in [-0.15, -0.1) is 0 Å². The normalized spacial score (nSPS) is 40.0. The van der Waals surface area contributed by atoms with Crippen molar-refractivity contribution >= 4 is 0 Å². The van der Waals surface area contributed by atoms with Crippen molar-refractivity contribution in [1.82, 2.24) is 5.32 Å². The summed E-state index contributed by atoms with van der Waals surface area (Å²) in [4.78, 5) is 0. The molecule has 0 aromatic rings. The summed E-state index contributed by atoms with van der Waals surface area (Å²) in [6.45, 7) is 9.76. The van der Waals surface area contributed by atoms with Crippen molar-refractivity contribution in [2.45, 2.75) is 64.5 Å². The summed E-state index contributed by atoms with van der Waals surface area (Å²) in [5.41, 5.74) is 6.64. The number of rotatable bonds is 4. The Bertz CT molecular complexity index is 274. The molecule has 3 unspecified atom stereocenters. The van der Waals surface area contributed by atoms with E-state index in [-0.39, 0.29) is 5.54 Å². The van der Waals surface area contributed by atoms with Gasteiger partial charge in [-0.05, 0) is 43.4 Å². The molecule has 3 heteroatoms. The fourth-order valence-electron chi connectivity index (χ4n) is 4.24. The van der Waals surface area contributed by atoms with E-state index in [1.807, 2.05) is 0 Å². The third-order valence-electron chi connectivity index (χ3n) is 4.58. The quantitative estimate of drug-likeness (QED) is 0.809. The molecule has 2 fully saturated rings. The van der Waals surface area contributed by atoms with Crippen molar-refractivity contribution in [2.24, 2.45) is 17.1 Å². The van der Waals surface area contributed by atoms with Crippen LogP contribution in [-0.2, 0) is 4.74 Å². The highest BCUT2D eigenvalue weighted by molar-refractivity contribution is 5.00. The molecule has 3 N–H and O–H groups in total. The van der Waals surface area contributed by atoms with Gasteiger partial charge in [0, 0.05) is 25.2 Å². The monoisotopic (exact) mass is 254 g/mol. The Labute approximate surface area is 112 Å². The van der Waals surface area contributed by atoms with E-state index in [0.717, 1.165) is 25.6 Å². The van der Waals surface area contributed by atoms with Gasteiger partial charge < -0.3 is 15.8 Å². The van der Waals surface area contributed by atoms with Gasteiger partial charge in [-0.1, -0.05) is 20.8 Å². The number of nitrogens with two attached hydrogens (primary N) is 1. The topological polar surface area (TPSA) is 47.3 Å². The average Bonchev–Trinajstić information content (AvgIpc) is 2.76. The lowest BCUT2D eigenvalue weighted by Crippen LogP contribution is -2.58. The fraction of sp³-hybridized carbons (Fsp3) is 1.00. The van der Waals surface area contributed by atoms with Gasteiger partial charge >= 0.3 is 0 Å². The van der Waals surface area contributed by atoms with Crippen molar-refractivity contribution in [3.05, 3.63) is 0 Å². The first kappa shape index (κ1) is 14.3. The first-order valence-corrected chi connectivity index (χ1v) is 7.51. The van der Waals surface area contributed by atoms with Gasteiger partial charge in [-0.2, -0.15) is 0 Å². The molecule has 1 aliphatic carbocycles. The summed E-state index contributed by atoms with van der Waals surface area (Å²) in [5, 5.41) is 3.76. The van der Waals surface area contributed by atoms with Crippen LogP contribution in [0.3, 0.4) is 0 Å². The Morgan fingerprint density at radius 3 is 2.67 bits per heavy atom. The van der Waals surface area contributed by atoms with Crippen LogP contribution in [0.1, 0.15) is 52.9 Å². The maximum absolute atomic E-state index is 6.10. The van der Waals surface area contributed by atoms with E-state index in [0.29, 0.717) is 11.5 Å². The van der Waals surface area contributed by atoms with Crippen molar-refractivity contribution in [3.8, 4) is 0 Å². The highest BCUT2D eigenvalue weighted by atomic mass is 16.5. The predicted molar refractivity (Wildman–Crippen MR) is 75.6 cm³/mol. The van der Waals surface area contributed by atoms with Crippen LogP contribution in [-0.4, -0.2) is 31.3 Å². The standard InChI is InChI=1S/C15H30N2O/c1-12-7-14(2,3)10-15(8-12,11-16)17-9-13-5-4-6-18-13/h12-13,17H,4-11,16H2,1-3H3. The van der Waals surface area contributed by atoms with Gasteiger partial charge in [0.05, 0.1) is 6.10 Å². The van der Waals surface area contributed by atoms with Crippen LogP contribution in [0.2, 0.25) is 0 Å². The summed E-state index contributed by atoms with van der Waals surface area (Å²) in [7, 11) is 0. The molecule has 1 aliphatic heterocycles. The van der Waals surface area contributed by atoms with Crippen LogP contribution < -0.4 is 11.1 Å². The first-order valence-electron chi connectivity index (χ1n) is 7.51. The van der Waals surface area contributed by atoms with E-state index in [1.54, 1.807) is 0 Å². The molecule has 1 saturated carbocycles. The Kier molecular flexibility index (Phi) is 4.35. The molecule has 0 aromatic heterocycles. The molecule has 0 aromatic carbocycles. The van der Waals surface area contributed by atoms with Crippen molar-refractivity contribution in [2.75, 3.05) is 19.7 Å². The third-order valence-corrected chi connectivity index (χ3v) is 4.58. The first-order chi connectivity index (χ1) is 8.45. The smallest absolute Gasteiger partial charge is 0.0700 e. The molecule has 106 valence electrons. The lowest BCUT2D eigenvalue weighted by atomic mass is 9.64. The zero-order chi connectivity index (χ0) is 13.2. The van der Waals surface area contributed by atoms with Crippen LogP contribution in [0.4, 0.5) is 0 Å². The highest BCUT2D eigenvalue weighted by Crippen LogP contribution is 2.43. The van der Waals surface area contributed by atoms with Crippen LogP contribution >= 0.6 is 0 Å². The SMILES string of the molecule is CC1CC(C)(C)CC(CN)(NCC2CCCO2)C1. The van der Waals surface area contributed by atoms with Crippen molar-refractivity contribution in [1.29, 1.82) is 0 Å². The second kappa shape index (κ2) is 5.48. The Hall–Kier alpha value is -0.120. The van der Waals surface area contributed by atoms with Crippen LogP contribution in [0.5, 0.6) is 0 Å². The molecular weight excluding hydrogens is 224 g/mol. The minimum absolute atomic E-state index is 0.132. The molecule has 3 atom stereocenters. The van der Waals surface area contributed by atoms with Gasteiger partial charge in [0.2, 0.25) is 0 Å². The van der Waals surface area contributed by atoms with Gasteiger partial charge in [0.15, 0.2) is 0 Å². The van der Waals surface area contributed by atoms with Gasteiger partial charge in [-0.25, -0.2) is 0 Å². The summed E-state index contributed by atoms with van der Waals surface area (Å²) >= 11 is 0. The molecule has 1 heterocycles. The molecule has 2 aliphatic rings. The number of nitrogens with one attached hydrogen (secondary N) is 1. The number of hydrogen-bond acceptors (Lipinski definition) is 3. The number of hydrogen-bond donors (Lipinski definition) is 2. The van der Waals surface area contributed by atoms with E-state index in [2.05, 4.69) is 26.1 Å². The van der Waals surface area contributed by atoms with Gasteiger partial charge in [0.25, 0.3) is 0 Å². The molecule has 0 bridgehead atoms. The summed E-state index contributed by atoms with van der Waals surface area (Å²) in [6, 6.07) is 0. The molecular formula is C15H30N2O. The van der Waals surface area contributed by atoms with Crippen molar-refractivity contribution < 1.29 is 4.74 Å². The molecule has 0 radical (unpaired) electrons. The molecule has 2 rings (SSSR count). The molecule has 1 saturated heterocycles. The van der Waals surface area contributed by atoms with E-state index < -0.39 is 0 Å². The second-order valence-electron chi connectivity index (χ2n) is 7.35.